The molecule has 2 rings (SSSR count). The first-order valence-electron chi connectivity index (χ1n) is 5.43. The van der Waals surface area contributed by atoms with Crippen LogP contribution in [0.25, 0.3) is 11.3 Å². The number of nitrogens with zero attached hydrogens (tertiary/aromatic N) is 1. The van der Waals surface area contributed by atoms with Gasteiger partial charge in [0.25, 0.3) is 0 Å². The Labute approximate surface area is 103 Å². The number of anilines is 1. The number of aromatic amines is 1. The van der Waals surface area contributed by atoms with Crippen molar-refractivity contribution in [2.24, 2.45) is 0 Å². The number of hydrogen-bond acceptors (Lipinski definition) is 4. The van der Waals surface area contributed by atoms with Crippen LogP contribution in [0.3, 0.4) is 0 Å². The SMILES string of the molecule is CCOc1ccc(-c2[nH]nc(N)c2C(=O)O)cc1. The average Bonchev–Trinajstić information content (AvgIpc) is 2.73. The van der Waals surface area contributed by atoms with Crippen LogP contribution in [0.1, 0.15) is 17.3 Å². The molecular formula is C12H13N3O3. The van der Waals surface area contributed by atoms with Gasteiger partial charge in [0, 0.05) is 5.56 Å². The fourth-order valence-electron chi connectivity index (χ4n) is 1.67. The molecular weight excluding hydrogens is 234 g/mol. The summed E-state index contributed by atoms with van der Waals surface area (Å²) in [6.07, 6.45) is 0. The van der Waals surface area contributed by atoms with Gasteiger partial charge in [0.05, 0.1) is 12.3 Å². The van der Waals surface area contributed by atoms with Gasteiger partial charge in [-0.3, -0.25) is 5.10 Å². The maximum atomic E-state index is 11.1. The Balaban J connectivity index is 2.40. The van der Waals surface area contributed by atoms with Gasteiger partial charge < -0.3 is 15.6 Å². The van der Waals surface area contributed by atoms with Crippen molar-refractivity contribution in [3.8, 4) is 17.0 Å². The number of hydrogen-bond donors (Lipinski definition) is 3. The average molecular weight is 247 g/mol. The molecule has 0 radical (unpaired) electrons. The Bertz CT molecular complexity index is 560. The molecule has 0 aliphatic rings. The fourth-order valence-corrected chi connectivity index (χ4v) is 1.67. The maximum absolute atomic E-state index is 11.1. The predicted molar refractivity (Wildman–Crippen MR) is 66.6 cm³/mol. The molecule has 0 saturated carbocycles. The van der Waals surface area contributed by atoms with Crippen molar-refractivity contribution in [3.05, 3.63) is 29.8 Å². The molecule has 0 aliphatic heterocycles. The summed E-state index contributed by atoms with van der Waals surface area (Å²) in [6.45, 7) is 2.47. The highest BCUT2D eigenvalue weighted by atomic mass is 16.5. The van der Waals surface area contributed by atoms with E-state index in [0.717, 1.165) is 5.75 Å². The molecule has 0 aliphatic carbocycles. The highest BCUT2D eigenvalue weighted by Crippen LogP contribution is 2.26. The standard InChI is InChI=1S/C12H13N3O3/c1-2-18-8-5-3-7(4-6-8)10-9(12(16)17)11(13)15-14-10/h3-6H,2H2,1H3,(H,16,17)(H3,13,14,15). The van der Waals surface area contributed by atoms with Crippen LogP contribution in [-0.4, -0.2) is 27.9 Å². The van der Waals surface area contributed by atoms with Crippen LogP contribution in [0.5, 0.6) is 5.75 Å². The molecule has 94 valence electrons. The van der Waals surface area contributed by atoms with Gasteiger partial charge >= 0.3 is 5.97 Å². The van der Waals surface area contributed by atoms with Crippen LogP contribution in [0.4, 0.5) is 5.82 Å². The monoisotopic (exact) mass is 247 g/mol. The number of aromatic carboxylic acids is 1. The van der Waals surface area contributed by atoms with Gasteiger partial charge in [-0.1, -0.05) is 0 Å². The second-order valence-electron chi connectivity index (χ2n) is 3.62. The van der Waals surface area contributed by atoms with Crippen molar-refractivity contribution < 1.29 is 14.6 Å². The molecule has 1 heterocycles. The van der Waals surface area contributed by atoms with E-state index in [1.54, 1.807) is 24.3 Å². The Morgan fingerprint density at radius 3 is 2.67 bits per heavy atom. The summed E-state index contributed by atoms with van der Waals surface area (Å²) >= 11 is 0. The van der Waals surface area contributed by atoms with E-state index in [1.165, 1.54) is 0 Å². The van der Waals surface area contributed by atoms with Gasteiger partial charge in [-0.25, -0.2) is 4.79 Å². The first-order chi connectivity index (χ1) is 8.63. The Morgan fingerprint density at radius 2 is 2.11 bits per heavy atom. The van der Waals surface area contributed by atoms with E-state index < -0.39 is 5.97 Å². The Kier molecular flexibility index (Phi) is 3.18. The molecule has 6 heteroatoms. The number of nitrogens with two attached hydrogens (primary N) is 1. The number of H-pyrrole nitrogens is 1. The van der Waals surface area contributed by atoms with Crippen LogP contribution in [0, 0.1) is 0 Å². The van der Waals surface area contributed by atoms with Crippen molar-refractivity contribution in [2.75, 3.05) is 12.3 Å². The van der Waals surface area contributed by atoms with Crippen LogP contribution >= 0.6 is 0 Å². The number of nitrogens with one attached hydrogen (secondary N) is 1. The van der Waals surface area contributed by atoms with Crippen molar-refractivity contribution in [3.63, 3.8) is 0 Å². The van der Waals surface area contributed by atoms with Crippen molar-refractivity contribution in [1.82, 2.24) is 10.2 Å². The molecule has 1 aromatic heterocycles. The second kappa shape index (κ2) is 4.79. The summed E-state index contributed by atoms with van der Waals surface area (Å²) in [5.41, 5.74) is 6.58. The number of ether oxygens (including phenoxy) is 1. The fraction of sp³-hybridized carbons (Fsp3) is 0.167. The van der Waals surface area contributed by atoms with Gasteiger partial charge in [0.2, 0.25) is 0 Å². The van der Waals surface area contributed by atoms with Crippen LogP contribution in [-0.2, 0) is 0 Å². The van der Waals surface area contributed by atoms with Gasteiger partial charge in [0.15, 0.2) is 5.82 Å². The number of nitrogen functional groups attached to an aromatic ring is 1. The van der Waals surface area contributed by atoms with E-state index in [4.69, 9.17) is 15.6 Å². The largest absolute Gasteiger partial charge is 0.494 e. The third-order valence-electron chi connectivity index (χ3n) is 2.46. The van der Waals surface area contributed by atoms with E-state index in [9.17, 15) is 4.79 Å². The molecule has 0 spiro atoms. The number of benzene rings is 1. The molecule has 2 aromatic rings. The number of rotatable bonds is 4. The highest BCUT2D eigenvalue weighted by molar-refractivity contribution is 5.99. The lowest BCUT2D eigenvalue weighted by atomic mass is 10.1. The third kappa shape index (κ3) is 2.13. The minimum atomic E-state index is -1.11. The lowest BCUT2D eigenvalue weighted by molar-refractivity contribution is 0.0699. The van der Waals surface area contributed by atoms with Gasteiger partial charge in [-0.15, -0.1) is 0 Å². The van der Waals surface area contributed by atoms with E-state index in [0.29, 0.717) is 17.9 Å². The molecule has 0 atom stereocenters. The highest BCUT2D eigenvalue weighted by Gasteiger charge is 2.18. The maximum Gasteiger partial charge on any atom is 0.341 e. The summed E-state index contributed by atoms with van der Waals surface area (Å²) in [5.74, 6) is -0.401. The van der Waals surface area contributed by atoms with Crippen molar-refractivity contribution in [1.29, 1.82) is 0 Å². The first-order valence-corrected chi connectivity index (χ1v) is 5.43. The topological polar surface area (TPSA) is 101 Å². The normalized spacial score (nSPS) is 10.3. The van der Waals surface area contributed by atoms with E-state index in [1.807, 2.05) is 6.92 Å². The lowest BCUT2D eigenvalue weighted by Gasteiger charge is -2.04. The summed E-state index contributed by atoms with van der Waals surface area (Å²) in [5, 5.41) is 15.4. The summed E-state index contributed by atoms with van der Waals surface area (Å²) in [7, 11) is 0. The zero-order chi connectivity index (χ0) is 13.1. The molecule has 0 saturated heterocycles. The smallest absolute Gasteiger partial charge is 0.341 e. The molecule has 0 unspecified atom stereocenters. The molecule has 4 N–H and O–H groups in total. The van der Waals surface area contributed by atoms with Gasteiger partial charge in [-0.05, 0) is 31.2 Å². The predicted octanol–water partition coefficient (Wildman–Crippen LogP) is 1.76. The molecule has 0 bridgehead atoms. The van der Waals surface area contributed by atoms with Gasteiger partial charge in [0.1, 0.15) is 11.3 Å². The number of carbonyl (C=O) groups is 1. The number of aromatic nitrogens is 2. The summed E-state index contributed by atoms with van der Waals surface area (Å²) in [4.78, 5) is 11.1. The molecule has 1 aromatic carbocycles. The zero-order valence-electron chi connectivity index (χ0n) is 9.80. The number of carboxylic acid groups (broad SMARTS) is 1. The quantitative estimate of drug-likeness (QED) is 0.764. The van der Waals surface area contributed by atoms with Crippen LogP contribution < -0.4 is 10.5 Å². The molecule has 18 heavy (non-hydrogen) atoms. The minimum absolute atomic E-state index is 0.0147. The van der Waals surface area contributed by atoms with E-state index in [2.05, 4.69) is 10.2 Å². The molecule has 6 nitrogen and oxygen atoms in total. The van der Waals surface area contributed by atoms with E-state index >= 15 is 0 Å². The third-order valence-corrected chi connectivity index (χ3v) is 2.46. The summed E-state index contributed by atoms with van der Waals surface area (Å²) in [6, 6.07) is 7.04. The van der Waals surface area contributed by atoms with Crippen LogP contribution in [0.2, 0.25) is 0 Å². The molecule has 0 amide bonds. The molecule has 0 fully saturated rings. The Hall–Kier alpha value is -2.50. The van der Waals surface area contributed by atoms with Crippen LogP contribution in [0.15, 0.2) is 24.3 Å². The van der Waals surface area contributed by atoms with Crippen molar-refractivity contribution in [2.45, 2.75) is 6.92 Å². The minimum Gasteiger partial charge on any atom is -0.494 e. The summed E-state index contributed by atoms with van der Waals surface area (Å²) < 4.78 is 5.31. The zero-order valence-corrected chi connectivity index (χ0v) is 9.80. The van der Waals surface area contributed by atoms with Gasteiger partial charge in [-0.2, -0.15) is 5.10 Å². The first kappa shape index (κ1) is 12.0. The number of carboxylic acids is 1. The lowest BCUT2D eigenvalue weighted by Crippen LogP contribution is -2.01. The second-order valence-corrected chi connectivity index (χ2v) is 3.62. The van der Waals surface area contributed by atoms with Crippen molar-refractivity contribution >= 4 is 11.8 Å². The van der Waals surface area contributed by atoms with E-state index in [-0.39, 0.29) is 11.4 Å². The Morgan fingerprint density at radius 1 is 1.44 bits per heavy atom.